The molecule has 2 aromatic heterocycles. The number of amides is 1. The van der Waals surface area contributed by atoms with Crippen molar-refractivity contribution in [3.8, 4) is 5.88 Å². The largest absolute Gasteiger partial charge is 0.471 e. The van der Waals surface area contributed by atoms with Crippen LogP contribution in [0.4, 0.5) is 8.78 Å². The van der Waals surface area contributed by atoms with Crippen molar-refractivity contribution in [3.63, 3.8) is 0 Å². The molecule has 0 spiro atoms. The number of carbonyl (C=O) groups excluding carboxylic acids is 2. The highest BCUT2D eigenvalue weighted by molar-refractivity contribution is 5.95. The Kier molecular flexibility index (Phi) is 7.53. The number of aryl methyl sites for hydroxylation is 1. The Labute approximate surface area is 186 Å². The monoisotopic (exact) mass is 445 g/mol. The minimum atomic E-state index is -2.56. The second kappa shape index (κ2) is 10.1. The molecule has 1 atom stereocenters. The molecule has 0 aliphatic heterocycles. The van der Waals surface area contributed by atoms with Crippen molar-refractivity contribution >= 4 is 11.7 Å². The van der Waals surface area contributed by atoms with Crippen LogP contribution in [0.25, 0.3) is 0 Å². The zero-order chi connectivity index (χ0) is 23.4. The maximum absolute atomic E-state index is 12.9. The van der Waals surface area contributed by atoms with Crippen molar-refractivity contribution in [1.29, 1.82) is 0 Å². The molecule has 0 saturated heterocycles. The van der Waals surface area contributed by atoms with Crippen LogP contribution in [0.15, 0.2) is 24.4 Å². The summed E-state index contributed by atoms with van der Waals surface area (Å²) in [6, 6.07) is 4.84. The number of carbonyl (C=O) groups is 2. The van der Waals surface area contributed by atoms with Crippen molar-refractivity contribution < 1.29 is 23.1 Å². The molecule has 8 heteroatoms. The van der Waals surface area contributed by atoms with Gasteiger partial charge in [-0.25, -0.2) is 13.8 Å². The Morgan fingerprint density at radius 2 is 1.91 bits per heavy atom. The zero-order valence-electron chi connectivity index (χ0n) is 18.8. The molecule has 6 nitrogen and oxygen atoms in total. The van der Waals surface area contributed by atoms with Gasteiger partial charge in [-0.3, -0.25) is 14.6 Å². The molecule has 1 N–H and O–H groups in total. The summed E-state index contributed by atoms with van der Waals surface area (Å²) in [5, 5.41) is 2.95. The van der Waals surface area contributed by atoms with Gasteiger partial charge in [0.2, 0.25) is 5.88 Å². The van der Waals surface area contributed by atoms with E-state index >= 15 is 0 Å². The fourth-order valence-corrected chi connectivity index (χ4v) is 3.38. The van der Waals surface area contributed by atoms with Crippen LogP contribution in [0, 0.1) is 12.8 Å². The lowest BCUT2D eigenvalue weighted by Gasteiger charge is -2.17. The van der Waals surface area contributed by atoms with Gasteiger partial charge in [-0.2, -0.15) is 0 Å². The third-order valence-electron chi connectivity index (χ3n) is 5.38. The van der Waals surface area contributed by atoms with Crippen molar-refractivity contribution in [2.75, 3.05) is 6.61 Å². The highest BCUT2D eigenvalue weighted by Gasteiger charge is 2.29. The van der Waals surface area contributed by atoms with Crippen LogP contribution in [-0.2, 0) is 11.2 Å². The number of pyridine rings is 2. The highest BCUT2D eigenvalue weighted by atomic mass is 19.3. The Morgan fingerprint density at radius 1 is 1.19 bits per heavy atom. The van der Waals surface area contributed by atoms with Gasteiger partial charge < -0.3 is 10.1 Å². The Hall–Kier alpha value is -2.90. The quantitative estimate of drug-likeness (QED) is 0.580. The molecule has 1 unspecified atom stereocenters. The van der Waals surface area contributed by atoms with E-state index in [0.29, 0.717) is 17.0 Å². The number of alkyl halides is 2. The Balaban J connectivity index is 1.73. The summed E-state index contributed by atoms with van der Waals surface area (Å²) in [4.78, 5) is 33.6. The fourth-order valence-electron chi connectivity index (χ4n) is 3.38. The van der Waals surface area contributed by atoms with Crippen LogP contribution >= 0.6 is 0 Å². The zero-order valence-corrected chi connectivity index (χ0v) is 18.8. The number of rotatable bonds is 10. The van der Waals surface area contributed by atoms with E-state index in [9.17, 15) is 18.4 Å². The van der Waals surface area contributed by atoms with Crippen LogP contribution in [0.1, 0.15) is 78.4 Å². The number of aromatic nitrogens is 2. The fraction of sp³-hybridized carbons (Fsp3) is 0.500. The number of ether oxygens (including phenoxy) is 1. The molecule has 2 heterocycles. The van der Waals surface area contributed by atoms with E-state index in [1.807, 2.05) is 26.8 Å². The number of nitrogens with zero attached hydrogens (tertiary/aromatic N) is 2. The molecular weight excluding hydrogens is 416 g/mol. The van der Waals surface area contributed by atoms with E-state index in [0.717, 1.165) is 24.0 Å². The predicted octanol–water partition coefficient (Wildman–Crippen LogP) is 4.56. The van der Waals surface area contributed by atoms with E-state index in [-0.39, 0.29) is 41.9 Å². The second-order valence-electron chi connectivity index (χ2n) is 8.62. The standard InChI is InChI=1S/C24H29F2N3O3/c1-13(2)21(30)10-19-8-17(7-14(3)28-19)23(31)29-15(4)18-9-20(16-5-6-16)24(27-11-18)32-12-22(25)26/h7-9,11,13,15-16,22H,5-6,10,12H2,1-4H3,(H,29,31). The van der Waals surface area contributed by atoms with Gasteiger partial charge in [0.05, 0.1) is 6.04 Å². The third kappa shape index (κ3) is 6.31. The lowest BCUT2D eigenvalue weighted by atomic mass is 10.0. The summed E-state index contributed by atoms with van der Waals surface area (Å²) >= 11 is 0. The number of halogens is 2. The number of hydrogen-bond acceptors (Lipinski definition) is 5. The first-order chi connectivity index (χ1) is 15.1. The topological polar surface area (TPSA) is 81.2 Å². The average Bonchev–Trinajstić information content (AvgIpc) is 3.56. The van der Waals surface area contributed by atoms with Crippen LogP contribution in [-0.4, -0.2) is 34.7 Å². The molecule has 0 radical (unpaired) electrons. The molecule has 172 valence electrons. The average molecular weight is 446 g/mol. The molecule has 2 aromatic rings. The van der Waals surface area contributed by atoms with E-state index < -0.39 is 13.0 Å². The van der Waals surface area contributed by atoms with Crippen LogP contribution < -0.4 is 10.1 Å². The first-order valence-electron chi connectivity index (χ1n) is 10.9. The molecule has 1 fully saturated rings. The number of nitrogens with one attached hydrogen (secondary N) is 1. The van der Waals surface area contributed by atoms with E-state index in [1.54, 1.807) is 25.3 Å². The molecule has 1 amide bonds. The summed E-state index contributed by atoms with van der Waals surface area (Å²) < 4.78 is 30.2. The smallest absolute Gasteiger partial charge is 0.272 e. The predicted molar refractivity (Wildman–Crippen MR) is 116 cm³/mol. The SMILES string of the molecule is Cc1cc(C(=O)NC(C)c2cnc(OCC(F)F)c(C3CC3)c2)cc(CC(=O)C(C)C)n1. The van der Waals surface area contributed by atoms with Gasteiger partial charge in [-0.15, -0.1) is 0 Å². The van der Waals surface area contributed by atoms with Crippen LogP contribution in [0.2, 0.25) is 0 Å². The van der Waals surface area contributed by atoms with Crippen molar-refractivity contribution in [2.24, 2.45) is 5.92 Å². The lowest BCUT2D eigenvalue weighted by Crippen LogP contribution is -2.27. The normalized spacial score (nSPS) is 14.5. The maximum Gasteiger partial charge on any atom is 0.272 e. The third-order valence-corrected chi connectivity index (χ3v) is 5.38. The van der Waals surface area contributed by atoms with Crippen molar-refractivity contribution in [2.45, 2.75) is 65.3 Å². The summed E-state index contributed by atoms with van der Waals surface area (Å²) in [7, 11) is 0. The van der Waals surface area contributed by atoms with Crippen molar-refractivity contribution in [3.05, 3.63) is 52.5 Å². The molecule has 1 saturated carbocycles. The Bertz CT molecular complexity index is 990. The molecular formula is C24H29F2N3O3. The molecule has 1 aliphatic carbocycles. The summed E-state index contributed by atoms with van der Waals surface area (Å²) in [6.07, 6.45) is 1.09. The molecule has 1 aliphatic rings. The minimum absolute atomic E-state index is 0.0654. The van der Waals surface area contributed by atoms with Gasteiger partial charge in [0.25, 0.3) is 12.3 Å². The number of hydrogen-bond donors (Lipinski definition) is 1. The van der Waals surface area contributed by atoms with Gasteiger partial charge >= 0.3 is 0 Å². The van der Waals surface area contributed by atoms with Gasteiger partial charge in [-0.1, -0.05) is 13.8 Å². The summed E-state index contributed by atoms with van der Waals surface area (Å²) in [6.45, 7) is 6.60. The maximum atomic E-state index is 12.9. The van der Waals surface area contributed by atoms with Gasteiger partial charge in [-0.05, 0) is 56.4 Å². The number of ketones is 1. The molecule has 0 bridgehead atoms. The van der Waals surface area contributed by atoms with Gasteiger partial charge in [0.15, 0.2) is 6.61 Å². The minimum Gasteiger partial charge on any atom is -0.471 e. The molecule has 3 rings (SSSR count). The van der Waals surface area contributed by atoms with Crippen LogP contribution in [0.5, 0.6) is 5.88 Å². The van der Waals surface area contributed by atoms with Gasteiger partial charge in [0.1, 0.15) is 5.78 Å². The second-order valence-corrected chi connectivity index (χ2v) is 8.62. The number of Topliss-reactive ketones (excluding diaryl/α,β-unsaturated/α-hetero) is 1. The molecule has 32 heavy (non-hydrogen) atoms. The molecule has 0 aromatic carbocycles. The first kappa shape index (κ1) is 23.8. The van der Waals surface area contributed by atoms with E-state index in [1.165, 1.54) is 0 Å². The van der Waals surface area contributed by atoms with Gasteiger partial charge in [0, 0.05) is 41.1 Å². The summed E-state index contributed by atoms with van der Waals surface area (Å²) in [5.74, 6) is 0.166. The highest BCUT2D eigenvalue weighted by Crippen LogP contribution is 2.44. The van der Waals surface area contributed by atoms with Crippen molar-refractivity contribution in [1.82, 2.24) is 15.3 Å². The van der Waals surface area contributed by atoms with E-state index in [4.69, 9.17) is 4.74 Å². The van der Waals surface area contributed by atoms with E-state index in [2.05, 4.69) is 15.3 Å². The first-order valence-corrected chi connectivity index (χ1v) is 10.9. The summed E-state index contributed by atoms with van der Waals surface area (Å²) in [5.41, 5.74) is 3.24. The Morgan fingerprint density at radius 3 is 2.53 bits per heavy atom. The lowest BCUT2D eigenvalue weighted by molar-refractivity contribution is -0.121. The van der Waals surface area contributed by atoms with Crippen LogP contribution in [0.3, 0.4) is 0 Å².